The van der Waals surface area contributed by atoms with Crippen molar-refractivity contribution in [2.75, 3.05) is 33.4 Å². The molecule has 3 aromatic rings. The summed E-state index contributed by atoms with van der Waals surface area (Å²) in [4.78, 5) is 16.1. The summed E-state index contributed by atoms with van der Waals surface area (Å²) >= 11 is 3.17. The average molecular weight is 487 g/mol. The first-order valence-electron chi connectivity index (χ1n) is 11.6. The van der Waals surface area contributed by atoms with E-state index >= 15 is 0 Å². The Morgan fingerprint density at radius 3 is 2.82 bits per heavy atom. The summed E-state index contributed by atoms with van der Waals surface area (Å²) < 4.78 is 19.5. The van der Waals surface area contributed by atoms with Crippen LogP contribution in [0.4, 0.5) is 0 Å². The maximum Gasteiger partial charge on any atom is 0.199 e. The van der Waals surface area contributed by atoms with Gasteiger partial charge in [0.05, 0.1) is 24.1 Å². The maximum atomic E-state index is 6.38. The van der Waals surface area contributed by atoms with Gasteiger partial charge >= 0.3 is 0 Å². The molecule has 0 spiro atoms. The minimum Gasteiger partial charge on any atom is -0.493 e. The van der Waals surface area contributed by atoms with E-state index in [1.807, 2.05) is 24.4 Å². The summed E-state index contributed by atoms with van der Waals surface area (Å²) in [6.07, 6.45) is 6.74. The fraction of sp³-hybridized carbons (Fsp3) is 0.542. The number of nitrogens with zero attached hydrogens (tertiary/aromatic N) is 4. The zero-order valence-electron chi connectivity index (χ0n) is 19.2. The van der Waals surface area contributed by atoms with E-state index in [1.54, 1.807) is 29.4 Å². The van der Waals surface area contributed by atoms with Crippen molar-refractivity contribution in [1.29, 1.82) is 0 Å². The topological polar surface area (TPSA) is 69.6 Å². The second kappa shape index (κ2) is 10.5. The number of fused-ring (bicyclic) bond motifs is 1. The van der Waals surface area contributed by atoms with Crippen molar-refractivity contribution >= 4 is 34.0 Å². The molecule has 1 aromatic carbocycles. The van der Waals surface area contributed by atoms with Crippen molar-refractivity contribution in [2.45, 2.75) is 54.7 Å². The Morgan fingerprint density at radius 1 is 1.18 bits per heavy atom. The normalized spacial score (nSPS) is 20.2. The van der Waals surface area contributed by atoms with Crippen LogP contribution in [0.2, 0.25) is 0 Å². The Bertz CT molecular complexity index is 1080. The van der Waals surface area contributed by atoms with Gasteiger partial charge in [0.1, 0.15) is 22.9 Å². The minimum atomic E-state index is -0.258. The van der Waals surface area contributed by atoms with Gasteiger partial charge in [-0.25, -0.2) is 15.0 Å². The number of aryl methyl sites for hydroxylation is 1. The SMILES string of the molecule is Cc1csc(Sc2ncnc3cc(OCC4CCN(C)CC4)cc(OC4CCCCO4)c23)n1. The van der Waals surface area contributed by atoms with Crippen LogP contribution < -0.4 is 9.47 Å². The van der Waals surface area contributed by atoms with Gasteiger partial charge in [0.15, 0.2) is 10.6 Å². The quantitative estimate of drug-likeness (QED) is 0.424. The highest BCUT2D eigenvalue weighted by Crippen LogP contribution is 2.40. The summed E-state index contributed by atoms with van der Waals surface area (Å²) in [5, 5.41) is 3.77. The lowest BCUT2D eigenvalue weighted by atomic mass is 9.98. The molecular formula is C24H30N4O3S2. The molecule has 0 radical (unpaired) electrons. The van der Waals surface area contributed by atoms with Crippen LogP contribution in [0, 0.1) is 12.8 Å². The Balaban J connectivity index is 1.43. The molecule has 2 aliphatic rings. The van der Waals surface area contributed by atoms with Gasteiger partial charge in [0.2, 0.25) is 0 Å². The number of aromatic nitrogens is 3. The molecule has 0 saturated carbocycles. The van der Waals surface area contributed by atoms with Crippen LogP contribution >= 0.6 is 23.1 Å². The van der Waals surface area contributed by atoms with Gasteiger partial charge in [-0.1, -0.05) is 0 Å². The first-order chi connectivity index (χ1) is 16.1. The Morgan fingerprint density at radius 2 is 2.06 bits per heavy atom. The fourth-order valence-corrected chi connectivity index (χ4v) is 6.06. The number of hydrogen-bond donors (Lipinski definition) is 0. The third-order valence-corrected chi connectivity index (χ3v) is 8.20. The van der Waals surface area contributed by atoms with E-state index in [4.69, 9.17) is 14.2 Å². The van der Waals surface area contributed by atoms with E-state index in [0.717, 1.165) is 70.7 Å². The molecule has 1 atom stereocenters. The van der Waals surface area contributed by atoms with E-state index in [9.17, 15) is 0 Å². The lowest BCUT2D eigenvalue weighted by Gasteiger charge is -2.29. The molecule has 0 aliphatic carbocycles. The summed E-state index contributed by atoms with van der Waals surface area (Å²) in [7, 11) is 2.18. The highest BCUT2D eigenvalue weighted by atomic mass is 32.2. The Kier molecular flexibility index (Phi) is 7.30. The molecule has 1 unspecified atom stereocenters. The molecular weight excluding hydrogens is 456 g/mol. The number of rotatable bonds is 7. The van der Waals surface area contributed by atoms with Crippen LogP contribution in [-0.4, -0.2) is 59.5 Å². The second-order valence-electron chi connectivity index (χ2n) is 8.82. The van der Waals surface area contributed by atoms with Gasteiger partial charge in [-0.05, 0) is 70.4 Å². The highest BCUT2D eigenvalue weighted by molar-refractivity contribution is 8.01. The van der Waals surface area contributed by atoms with E-state index in [-0.39, 0.29) is 6.29 Å². The summed E-state index contributed by atoms with van der Waals surface area (Å²) in [5.41, 5.74) is 1.82. The zero-order valence-corrected chi connectivity index (χ0v) is 20.8. The Labute approximate surface area is 202 Å². The van der Waals surface area contributed by atoms with Crippen LogP contribution in [-0.2, 0) is 4.74 Å². The molecule has 176 valence electrons. The van der Waals surface area contributed by atoms with Crippen LogP contribution in [0.1, 0.15) is 37.8 Å². The van der Waals surface area contributed by atoms with E-state index < -0.39 is 0 Å². The van der Waals surface area contributed by atoms with Gasteiger partial charge in [-0.2, -0.15) is 0 Å². The standard InChI is InChI=1S/C24H30N4O3S2/c1-16-14-32-24(27-16)33-23-22-19(25-15-26-23)11-18(30-13-17-6-8-28(2)9-7-17)12-20(22)31-21-5-3-4-10-29-21/h11-12,14-15,17,21H,3-10,13H2,1-2H3. The first-order valence-corrected chi connectivity index (χ1v) is 13.3. The molecule has 0 amide bonds. The predicted octanol–water partition coefficient (Wildman–Crippen LogP) is 5.17. The lowest BCUT2D eigenvalue weighted by Crippen LogP contribution is -2.32. The fourth-order valence-electron chi connectivity index (χ4n) is 4.21. The summed E-state index contributed by atoms with van der Waals surface area (Å²) in [6.45, 7) is 5.70. The van der Waals surface area contributed by atoms with Crippen molar-refractivity contribution in [1.82, 2.24) is 19.9 Å². The van der Waals surface area contributed by atoms with Gasteiger partial charge in [-0.3, -0.25) is 0 Å². The van der Waals surface area contributed by atoms with Gasteiger partial charge in [0, 0.05) is 29.6 Å². The van der Waals surface area contributed by atoms with Gasteiger partial charge in [-0.15, -0.1) is 11.3 Å². The molecule has 2 aliphatic heterocycles. The van der Waals surface area contributed by atoms with Crippen molar-refractivity contribution in [3.05, 3.63) is 29.5 Å². The molecule has 0 bridgehead atoms. The number of piperidine rings is 1. The highest BCUT2D eigenvalue weighted by Gasteiger charge is 2.22. The molecule has 9 heteroatoms. The monoisotopic (exact) mass is 486 g/mol. The number of hydrogen-bond acceptors (Lipinski definition) is 9. The predicted molar refractivity (Wildman–Crippen MR) is 130 cm³/mol. The number of ether oxygens (including phenoxy) is 3. The molecule has 2 aromatic heterocycles. The molecule has 4 heterocycles. The lowest BCUT2D eigenvalue weighted by molar-refractivity contribution is -0.105. The smallest absolute Gasteiger partial charge is 0.199 e. The number of thiazole rings is 1. The van der Waals surface area contributed by atoms with Crippen LogP contribution in [0.15, 0.2) is 33.2 Å². The average Bonchev–Trinajstić information content (AvgIpc) is 3.24. The van der Waals surface area contributed by atoms with Crippen molar-refractivity contribution < 1.29 is 14.2 Å². The van der Waals surface area contributed by atoms with E-state index in [0.29, 0.717) is 18.3 Å². The largest absolute Gasteiger partial charge is 0.493 e. The number of benzene rings is 1. The number of likely N-dealkylation sites (tertiary alicyclic amines) is 1. The summed E-state index contributed by atoms with van der Waals surface area (Å²) in [5.74, 6) is 2.08. The Hall–Kier alpha value is -1.94. The van der Waals surface area contributed by atoms with Crippen LogP contribution in [0.5, 0.6) is 11.5 Å². The first kappa shape index (κ1) is 22.8. The summed E-state index contributed by atoms with van der Waals surface area (Å²) in [6, 6.07) is 3.98. The molecule has 33 heavy (non-hydrogen) atoms. The maximum absolute atomic E-state index is 6.38. The van der Waals surface area contributed by atoms with Crippen molar-refractivity contribution in [3.8, 4) is 11.5 Å². The van der Waals surface area contributed by atoms with Gasteiger partial charge in [0.25, 0.3) is 0 Å². The zero-order chi connectivity index (χ0) is 22.6. The molecule has 7 nitrogen and oxygen atoms in total. The third kappa shape index (κ3) is 5.77. The van der Waals surface area contributed by atoms with Crippen LogP contribution in [0.3, 0.4) is 0 Å². The molecule has 2 fully saturated rings. The minimum absolute atomic E-state index is 0.258. The van der Waals surface area contributed by atoms with Gasteiger partial charge < -0.3 is 19.1 Å². The van der Waals surface area contributed by atoms with E-state index in [1.165, 1.54) is 12.8 Å². The third-order valence-electron chi connectivity index (χ3n) is 6.14. The molecule has 5 rings (SSSR count). The van der Waals surface area contributed by atoms with Crippen LogP contribution in [0.25, 0.3) is 10.9 Å². The van der Waals surface area contributed by atoms with Crippen molar-refractivity contribution in [3.63, 3.8) is 0 Å². The van der Waals surface area contributed by atoms with Crippen molar-refractivity contribution in [2.24, 2.45) is 5.92 Å². The molecule has 2 saturated heterocycles. The van der Waals surface area contributed by atoms with E-state index in [2.05, 4.69) is 26.9 Å². The second-order valence-corrected chi connectivity index (χ2v) is 10.9. The molecule has 0 N–H and O–H groups in total.